The number of hydrogen-bond donors (Lipinski definition) is 2. The lowest BCUT2D eigenvalue weighted by Crippen LogP contribution is -2.47. The number of carbonyl (C=O) groups is 3. The van der Waals surface area contributed by atoms with Crippen molar-refractivity contribution in [2.75, 3.05) is 38.0 Å². The average Bonchev–Trinajstić information content (AvgIpc) is 2.78. The van der Waals surface area contributed by atoms with E-state index >= 15 is 0 Å². The van der Waals surface area contributed by atoms with Crippen LogP contribution in [0.15, 0.2) is 48.5 Å². The van der Waals surface area contributed by atoms with Gasteiger partial charge in [-0.3, -0.25) is 14.4 Å². The topological polar surface area (TPSA) is 81.8 Å². The molecule has 0 saturated carbocycles. The first-order valence-corrected chi connectivity index (χ1v) is 10.6. The Balaban J connectivity index is 1.72. The Kier molecular flexibility index (Phi) is 7.78. The number of benzene rings is 2. The third-order valence-corrected chi connectivity index (χ3v) is 5.30. The minimum atomic E-state index is -0.161. The van der Waals surface area contributed by atoms with Gasteiger partial charge in [-0.2, -0.15) is 0 Å². The quantitative estimate of drug-likeness (QED) is 0.718. The molecule has 0 spiro atoms. The lowest BCUT2D eigenvalue weighted by molar-refractivity contribution is -0.132. The van der Waals surface area contributed by atoms with E-state index in [4.69, 9.17) is 0 Å². The van der Waals surface area contributed by atoms with Crippen molar-refractivity contribution in [1.29, 1.82) is 0 Å². The van der Waals surface area contributed by atoms with E-state index in [1.807, 2.05) is 36.1 Å². The van der Waals surface area contributed by atoms with Gasteiger partial charge in [0.05, 0.1) is 0 Å². The summed E-state index contributed by atoms with van der Waals surface area (Å²) in [5.74, 6) is -0.223. The summed E-state index contributed by atoms with van der Waals surface area (Å²) in [7, 11) is 0. The number of hydrogen-bond acceptors (Lipinski definition) is 4. The van der Waals surface area contributed by atoms with Crippen molar-refractivity contribution in [3.05, 3.63) is 65.2 Å². The molecule has 2 aromatic rings. The fourth-order valence-electron chi connectivity index (χ4n) is 3.55. The molecule has 0 atom stereocenters. The molecular formula is C24H30N4O3. The summed E-state index contributed by atoms with van der Waals surface area (Å²) in [5.41, 5.74) is 3.34. The Morgan fingerprint density at radius 2 is 1.65 bits per heavy atom. The van der Waals surface area contributed by atoms with Crippen LogP contribution in [0.25, 0.3) is 0 Å². The molecule has 0 aromatic heterocycles. The first-order chi connectivity index (χ1) is 14.9. The predicted octanol–water partition coefficient (Wildman–Crippen LogP) is 2.42. The molecule has 0 radical (unpaired) electrons. The molecule has 1 aliphatic heterocycles. The van der Waals surface area contributed by atoms with Gasteiger partial charge in [0.2, 0.25) is 11.8 Å². The largest absolute Gasteiger partial charge is 0.340 e. The maximum atomic E-state index is 13.2. The van der Waals surface area contributed by atoms with Crippen LogP contribution in [0, 0.1) is 6.92 Å². The number of aryl methyl sites for hydroxylation is 1. The van der Waals surface area contributed by atoms with E-state index in [2.05, 4.69) is 10.6 Å². The summed E-state index contributed by atoms with van der Waals surface area (Å²) >= 11 is 0. The SMILES string of the molecule is CC(=O)Nc1ccc(C(=O)N(CCC(=O)N2CCNCC2)Cc2ccc(C)cc2)cc1. The van der Waals surface area contributed by atoms with E-state index in [0.717, 1.165) is 24.2 Å². The number of piperazine rings is 1. The van der Waals surface area contributed by atoms with E-state index < -0.39 is 0 Å². The molecule has 7 nitrogen and oxygen atoms in total. The third kappa shape index (κ3) is 6.65. The molecule has 3 rings (SSSR count). The van der Waals surface area contributed by atoms with Crippen molar-refractivity contribution in [3.63, 3.8) is 0 Å². The van der Waals surface area contributed by atoms with Gasteiger partial charge in [-0.25, -0.2) is 0 Å². The summed E-state index contributed by atoms with van der Waals surface area (Å²) in [6, 6.07) is 14.9. The first kappa shape index (κ1) is 22.5. The molecular weight excluding hydrogens is 392 g/mol. The second-order valence-corrected chi connectivity index (χ2v) is 7.85. The fraction of sp³-hybridized carbons (Fsp3) is 0.375. The van der Waals surface area contributed by atoms with Crippen molar-refractivity contribution in [2.24, 2.45) is 0 Å². The minimum absolute atomic E-state index is 0.0733. The zero-order valence-corrected chi connectivity index (χ0v) is 18.2. The van der Waals surface area contributed by atoms with Gasteiger partial charge in [-0.15, -0.1) is 0 Å². The van der Waals surface area contributed by atoms with E-state index in [0.29, 0.717) is 43.9 Å². The van der Waals surface area contributed by atoms with Gasteiger partial charge >= 0.3 is 0 Å². The van der Waals surface area contributed by atoms with E-state index in [9.17, 15) is 14.4 Å². The summed E-state index contributed by atoms with van der Waals surface area (Å²) in [5, 5.41) is 5.95. The van der Waals surface area contributed by atoms with Gasteiger partial charge in [0.25, 0.3) is 5.91 Å². The highest BCUT2D eigenvalue weighted by molar-refractivity contribution is 5.95. The van der Waals surface area contributed by atoms with Crippen LogP contribution in [-0.4, -0.2) is 60.2 Å². The average molecular weight is 423 g/mol. The number of rotatable bonds is 7. The van der Waals surface area contributed by atoms with E-state index in [-0.39, 0.29) is 17.7 Å². The Hall–Kier alpha value is -3.19. The number of amides is 3. The molecule has 0 bridgehead atoms. The molecule has 1 heterocycles. The van der Waals surface area contributed by atoms with Crippen LogP contribution in [0.5, 0.6) is 0 Å². The van der Waals surface area contributed by atoms with Gasteiger partial charge in [0, 0.05) is 63.9 Å². The molecule has 1 fully saturated rings. The maximum absolute atomic E-state index is 13.2. The van der Waals surface area contributed by atoms with Crippen LogP contribution >= 0.6 is 0 Å². The minimum Gasteiger partial charge on any atom is -0.340 e. The Labute approximate surface area is 183 Å². The second-order valence-electron chi connectivity index (χ2n) is 7.85. The standard InChI is InChI=1S/C24H30N4O3/c1-18-3-5-20(6-4-18)17-28(14-11-23(30)27-15-12-25-13-16-27)24(31)21-7-9-22(10-8-21)26-19(2)29/h3-10,25H,11-17H2,1-2H3,(H,26,29). The van der Waals surface area contributed by atoms with Crippen LogP contribution in [-0.2, 0) is 16.1 Å². The van der Waals surface area contributed by atoms with Crippen LogP contribution in [0.1, 0.15) is 34.8 Å². The fourth-order valence-corrected chi connectivity index (χ4v) is 3.55. The van der Waals surface area contributed by atoms with Gasteiger partial charge in [-0.05, 0) is 36.8 Å². The molecule has 0 aliphatic carbocycles. The highest BCUT2D eigenvalue weighted by Gasteiger charge is 2.21. The zero-order chi connectivity index (χ0) is 22.2. The zero-order valence-electron chi connectivity index (χ0n) is 18.2. The first-order valence-electron chi connectivity index (χ1n) is 10.6. The van der Waals surface area contributed by atoms with Crippen molar-refractivity contribution < 1.29 is 14.4 Å². The Morgan fingerprint density at radius 1 is 1.00 bits per heavy atom. The maximum Gasteiger partial charge on any atom is 0.254 e. The monoisotopic (exact) mass is 422 g/mol. The van der Waals surface area contributed by atoms with Crippen LogP contribution < -0.4 is 10.6 Å². The number of nitrogens with one attached hydrogen (secondary N) is 2. The highest BCUT2D eigenvalue weighted by Crippen LogP contribution is 2.15. The molecule has 2 N–H and O–H groups in total. The van der Waals surface area contributed by atoms with Gasteiger partial charge in [-0.1, -0.05) is 29.8 Å². The van der Waals surface area contributed by atoms with Crippen LogP contribution in [0.3, 0.4) is 0 Å². The smallest absolute Gasteiger partial charge is 0.254 e. The summed E-state index contributed by atoms with van der Waals surface area (Å²) in [6.45, 7) is 7.26. The van der Waals surface area contributed by atoms with Crippen LogP contribution in [0.4, 0.5) is 5.69 Å². The predicted molar refractivity (Wildman–Crippen MR) is 121 cm³/mol. The molecule has 0 unspecified atom stereocenters. The van der Waals surface area contributed by atoms with Crippen molar-refractivity contribution >= 4 is 23.4 Å². The number of carbonyl (C=O) groups excluding carboxylic acids is 3. The third-order valence-electron chi connectivity index (χ3n) is 5.30. The molecule has 1 aliphatic rings. The van der Waals surface area contributed by atoms with Crippen molar-refractivity contribution in [1.82, 2.24) is 15.1 Å². The van der Waals surface area contributed by atoms with Gasteiger partial charge < -0.3 is 20.4 Å². The molecule has 1 saturated heterocycles. The van der Waals surface area contributed by atoms with Crippen molar-refractivity contribution in [2.45, 2.75) is 26.8 Å². The molecule has 164 valence electrons. The van der Waals surface area contributed by atoms with Gasteiger partial charge in [0.1, 0.15) is 0 Å². The van der Waals surface area contributed by atoms with E-state index in [1.54, 1.807) is 29.2 Å². The second kappa shape index (κ2) is 10.7. The molecule has 3 amide bonds. The molecule has 2 aromatic carbocycles. The Morgan fingerprint density at radius 3 is 2.26 bits per heavy atom. The normalized spacial score (nSPS) is 13.5. The summed E-state index contributed by atoms with van der Waals surface area (Å²) in [4.78, 5) is 40.7. The highest BCUT2D eigenvalue weighted by atomic mass is 16.2. The Bertz CT molecular complexity index is 903. The van der Waals surface area contributed by atoms with Crippen LogP contribution in [0.2, 0.25) is 0 Å². The molecule has 7 heteroatoms. The van der Waals surface area contributed by atoms with Crippen molar-refractivity contribution in [3.8, 4) is 0 Å². The molecule has 31 heavy (non-hydrogen) atoms. The lowest BCUT2D eigenvalue weighted by Gasteiger charge is -2.29. The number of nitrogens with zero attached hydrogens (tertiary/aromatic N) is 2. The van der Waals surface area contributed by atoms with E-state index in [1.165, 1.54) is 6.92 Å². The van der Waals surface area contributed by atoms with Gasteiger partial charge in [0.15, 0.2) is 0 Å². The summed E-state index contributed by atoms with van der Waals surface area (Å²) < 4.78 is 0. The summed E-state index contributed by atoms with van der Waals surface area (Å²) in [6.07, 6.45) is 0.293. The number of anilines is 1. The lowest BCUT2D eigenvalue weighted by atomic mass is 10.1.